The molecule has 5 heterocycles. The van der Waals surface area contributed by atoms with E-state index in [1.165, 1.54) is 68.8 Å². The molecule has 3 aliphatic heterocycles. The van der Waals surface area contributed by atoms with Gasteiger partial charge in [-0.2, -0.15) is 0 Å². The van der Waals surface area contributed by atoms with E-state index in [9.17, 15) is 14.4 Å². The maximum atomic E-state index is 14.4. The van der Waals surface area contributed by atoms with Crippen molar-refractivity contribution in [2.75, 3.05) is 13.7 Å². The Morgan fingerprint density at radius 3 is 2.25 bits per heavy atom. The Balaban J connectivity index is 1.20. The monoisotopic (exact) mass is 875 g/mol. The van der Waals surface area contributed by atoms with E-state index in [1.54, 1.807) is 0 Å². The standard InChI is InChI=1S/C55H78N4O5/c1-13-39-35(8)42-28-44-37(10)41(24-25-48(60)64-27-26-34(7)23-17-22-33(6)21-16-20-32(5)19-15-18-31(3)4)52(58-44)50-51(55(62)63-12)54(61)49-38(11)45(59-53(49)50)30-47-40(14-2)36(9)43(57-47)29-46(39)56-42/h13,26,28-33,35,37,41,44,51,56-59H,1,14-25,27H2,2-12H3/b34-26+,42-28-,43-29-,47-30-,52-50-/t32-,33-,35+,37+,41+,44?,51-/m1/s1. The topological polar surface area (TPSA) is 125 Å². The maximum absolute atomic E-state index is 14.4. The van der Waals surface area contributed by atoms with E-state index < -0.39 is 11.9 Å². The summed E-state index contributed by atoms with van der Waals surface area (Å²) >= 11 is 0. The molecule has 0 aromatic carbocycles. The van der Waals surface area contributed by atoms with Gasteiger partial charge in [0.25, 0.3) is 0 Å². The number of aromatic nitrogens is 2. The Morgan fingerprint density at radius 1 is 0.906 bits per heavy atom. The van der Waals surface area contributed by atoms with E-state index in [0.717, 1.165) is 81.6 Å². The van der Waals surface area contributed by atoms with Crippen molar-refractivity contribution in [1.29, 1.82) is 0 Å². The zero-order chi connectivity index (χ0) is 46.4. The van der Waals surface area contributed by atoms with Crippen LogP contribution in [0.2, 0.25) is 0 Å². The highest BCUT2D eigenvalue weighted by atomic mass is 16.5. The van der Waals surface area contributed by atoms with E-state index >= 15 is 0 Å². The molecule has 1 fully saturated rings. The van der Waals surface area contributed by atoms with Crippen molar-refractivity contribution >= 4 is 35.4 Å². The third-order valence-corrected chi connectivity index (χ3v) is 14.9. The fourth-order valence-electron chi connectivity index (χ4n) is 10.8. The molecule has 64 heavy (non-hydrogen) atoms. The van der Waals surface area contributed by atoms with Gasteiger partial charge in [0.1, 0.15) is 12.5 Å². The van der Waals surface area contributed by atoms with Crippen molar-refractivity contribution in [3.63, 3.8) is 0 Å². The second kappa shape index (κ2) is 21.5. The minimum atomic E-state index is -1.12. The maximum Gasteiger partial charge on any atom is 0.321 e. The number of hydrogen-bond donors (Lipinski definition) is 4. The molecule has 0 radical (unpaired) electrons. The van der Waals surface area contributed by atoms with Crippen LogP contribution in [-0.2, 0) is 25.5 Å². The van der Waals surface area contributed by atoms with E-state index in [4.69, 9.17) is 9.47 Å². The van der Waals surface area contributed by atoms with E-state index in [2.05, 4.69) is 108 Å². The minimum absolute atomic E-state index is 0.00906. The van der Waals surface area contributed by atoms with Gasteiger partial charge in [-0.3, -0.25) is 14.4 Å². The lowest BCUT2D eigenvalue weighted by atomic mass is 9.83. The first-order valence-corrected chi connectivity index (χ1v) is 24.5. The Kier molecular flexibility index (Phi) is 16.3. The van der Waals surface area contributed by atoms with Gasteiger partial charge in [-0.05, 0) is 117 Å². The Bertz CT molecular complexity index is 2330. The highest BCUT2D eigenvalue weighted by Crippen LogP contribution is 2.48. The summed E-state index contributed by atoms with van der Waals surface area (Å²) in [6.07, 6.45) is 23.4. The average molecular weight is 875 g/mol. The second-order valence-electron chi connectivity index (χ2n) is 20.1. The van der Waals surface area contributed by atoms with Crippen LogP contribution in [0.4, 0.5) is 0 Å². The van der Waals surface area contributed by atoms with Gasteiger partial charge in [0.2, 0.25) is 0 Å². The fraction of sp³-hybridized carbons (Fsp3) is 0.582. The Morgan fingerprint density at radius 2 is 1.59 bits per heavy atom. The number of ketones is 1. The number of hydrogen-bond acceptors (Lipinski definition) is 7. The zero-order valence-electron chi connectivity index (χ0n) is 40.9. The van der Waals surface area contributed by atoms with Crippen LogP contribution in [0.3, 0.4) is 0 Å². The van der Waals surface area contributed by atoms with Gasteiger partial charge in [-0.25, -0.2) is 0 Å². The summed E-state index contributed by atoms with van der Waals surface area (Å²) in [7, 11) is 1.33. The van der Waals surface area contributed by atoms with Crippen molar-refractivity contribution in [3.8, 4) is 0 Å². The summed E-state index contributed by atoms with van der Waals surface area (Å²) in [5.41, 5.74) is 10.9. The van der Waals surface area contributed by atoms with Gasteiger partial charge in [0.15, 0.2) is 5.78 Å². The van der Waals surface area contributed by atoms with E-state index in [1.807, 2.05) is 19.1 Å². The van der Waals surface area contributed by atoms with Crippen molar-refractivity contribution in [2.24, 2.45) is 41.4 Å². The molecule has 6 rings (SSSR count). The molecule has 7 atom stereocenters. The first kappa shape index (κ1) is 48.7. The van der Waals surface area contributed by atoms with Crippen molar-refractivity contribution in [3.05, 3.63) is 97.4 Å². The van der Waals surface area contributed by atoms with Gasteiger partial charge in [-0.15, -0.1) is 0 Å². The number of esters is 2. The molecular weight excluding hydrogens is 797 g/mol. The van der Waals surface area contributed by atoms with Crippen LogP contribution in [0.15, 0.2) is 53.0 Å². The van der Waals surface area contributed by atoms with Crippen LogP contribution in [0, 0.1) is 55.3 Å². The molecule has 9 nitrogen and oxygen atoms in total. The van der Waals surface area contributed by atoms with Gasteiger partial charge in [0.05, 0.1) is 12.8 Å². The normalized spacial score (nSPS) is 25.5. The number of allylic oxidation sites excluding steroid dienone is 5. The van der Waals surface area contributed by atoms with E-state index in [0.29, 0.717) is 23.3 Å². The summed E-state index contributed by atoms with van der Waals surface area (Å²) in [6.45, 7) is 26.6. The molecule has 8 bridgehead atoms. The molecule has 348 valence electrons. The third-order valence-electron chi connectivity index (χ3n) is 14.9. The van der Waals surface area contributed by atoms with Crippen LogP contribution in [0.1, 0.15) is 164 Å². The number of rotatable bonds is 20. The van der Waals surface area contributed by atoms with Crippen LogP contribution in [0.5, 0.6) is 0 Å². The first-order chi connectivity index (χ1) is 30.6. The number of carbonyl (C=O) groups excluding carboxylic acids is 3. The number of Topliss-reactive ketones (excluding diaryl/α,β-unsaturated/α-hetero) is 1. The van der Waals surface area contributed by atoms with Crippen LogP contribution < -0.4 is 21.3 Å². The quantitative estimate of drug-likeness (QED) is 0.0593. The fourth-order valence-corrected chi connectivity index (χ4v) is 10.8. The predicted molar refractivity (Wildman–Crippen MR) is 260 cm³/mol. The molecule has 2 aromatic heterocycles. The van der Waals surface area contributed by atoms with E-state index in [-0.39, 0.29) is 48.6 Å². The lowest BCUT2D eigenvalue weighted by molar-refractivity contribution is -0.143. The molecule has 0 saturated carbocycles. The lowest BCUT2D eigenvalue weighted by Crippen LogP contribution is -2.27. The molecule has 1 saturated heterocycles. The summed E-state index contributed by atoms with van der Waals surface area (Å²) in [5.74, 6) is -0.00790. The first-order valence-electron chi connectivity index (χ1n) is 24.5. The summed E-state index contributed by atoms with van der Waals surface area (Å²) in [5, 5.41) is 9.52. The number of aromatic amines is 2. The van der Waals surface area contributed by atoms with Gasteiger partial charge >= 0.3 is 11.9 Å². The molecule has 9 heteroatoms. The highest BCUT2D eigenvalue weighted by Gasteiger charge is 2.49. The molecule has 1 unspecified atom stereocenters. The van der Waals surface area contributed by atoms with Crippen molar-refractivity contribution in [1.82, 2.24) is 20.6 Å². The van der Waals surface area contributed by atoms with Crippen LogP contribution in [-0.4, -0.2) is 47.4 Å². The molecule has 1 aliphatic carbocycles. The number of H-pyrrole nitrogens is 2. The summed E-state index contributed by atoms with van der Waals surface area (Å²) in [6, 6.07) is -0.159. The SMILES string of the molecule is C=CC1=C2/C=c3\[nH]/c(c(CC)c3C)=C\c3[nH]c4c(c3C)C(=O)[C@H](C(=O)OC)/C4=C3/NC(/C=C(\N2)[C@H]1C)[C@@H](C)[C@@H]3CCC(=O)OC/C=C(\C)CCC[C@H](C)CCC[C@H](C)CCCC(C)C. The van der Waals surface area contributed by atoms with Crippen LogP contribution in [0.25, 0.3) is 17.7 Å². The zero-order valence-corrected chi connectivity index (χ0v) is 40.9. The Labute approximate surface area is 383 Å². The smallest absolute Gasteiger partial charge is 0.321 e. The molecule has 2 aromatic rings. The molecular formula is C55H78N4O5. The average Bonchev–Trinajstić information content (AvgIpc) is 3.99. The molecule has 4 aliphatic rings. The molecule has 4 N–H and O–H groups in total. The Hall–Kier alpha value is -4.79. The number of ether oxygens (including phenoxy) is 2. The number of methoxy groups -OCH3 is 1. The number of carbonyl (C=O) groups is 3. The second-order valence-corrected chi connectivity index (χ2v) is 20.1. The highest BCUT2D eigenvalue weighted by molar-refractivity contribution is 6.24. The van der Waals surface area contributed by atoms with Gasteiger partial charge in [-0.1, -0.05) is 112 Å². The van der Waals surface area contributed by atoms with Crippen molar-refractivity contribution < 1.29 is 23.9 Å². The largest absolute Gasteiger partial charge is 0.468 e. The lowest BCUT2D eigenvalue weighted by Gasteiger charge is -2.20. The number of fused-ring (bicyclic) bond motifs is 7. The summed E-state index contributed by atoms with van der Waals surface area (Å²) in [4.78, 5) is 48.8. The minimum Gasteiger partial charge on any atom is -0.468 e. The summed E-state index contributed by atoms with van der Waals surface area (Å²) < 4.78 is 11.1. The van der Waals surface area contributed by atoms with Crippen LogP contribution >= 0.6 is 0 Å². The predicted octanol–water partition coefficient (Wildman–Crippen LogP) is 10.3. The molecule has 0 amide bonds. The van der Waals surface area contributed by atoms with Gasteiger partial charge in [0, 0.05) is 68.9 Å². The number of nitrogens with one attached hydrogen (secondary N) is 4. The van der Waals surface area contributed by atoms with Gasteiger partial charge < -0.3 is 30.1 Å². The third kappa shape index (κ3) is 10.7. The van der Waals surface area contributed by atoms with Crippen molar-refractivity contribution in [2.45, 2.75) is 152 Å². The molecule has 0 spiro atoms.